The quantitative estimate of drug-likeness (QED) is 0.458. The van der Waals surface area contributed by atoms with E-state index >= 15 is 8.78 Å². The molecule has 2 aromatic carbocycles. The van der Waals surface area contributed by atoms with Crippen LogP contribution in [-0.4, -0.2) is 66.5 Å². The third kappa shape index (κ3) is 5.09. The first kappa shape index (κ1) is 30.6. The van der Waals surface area contributed by atoms with Gasteiger partial charge in [0.15, 0.2) is 0 Å². The standard InChI is InChI=1S/C25H25F9N2O3S/c1-3-17-21(18-7-4-14(9-19(18)26)23(37,24(29,30)31)25(32,33)34)20(27)8-13(22(17)28)10-35-11-15-5-6-16(12-35)36(15)40(2,38)39/h4,7-9,15-16,37H,3,5-6,10-12H2,1-2H3. The van der Waals surface area contributed by atoms with Crippen LogP contribution < -0.4 is 0 Å². The van der Waals surface area contributed by atoms with E-state index in [1.807, 2.05) is 0 Å². The molecule has 2 heterocycles. The number of fused-ring (bicyclic) bond motifs is 2. The van der Waals surface area contributed by atoms with Crippen molar-refractivity contribution >= 4 is 10.0 Å². The molecule has 5 nitrogen and oxygen atoms in total. The second-order valence-electron chi connectivity index (χ2n) is 10.1. The molecule has 0 aliphatic carbocycles. The summed E-state index contributed by atoms with van der Waals surface area (Å²) in [5.41, 5.74) is -9.17. The zero-order chi connectivity index (χ0) is 30.0. The molecule has 2 unspecified atom stereocenters. The lowest BCUT2D eigenvalue weighted by Crippen LogP contribution is -2.55. The molecule has 2 fully saturated rings. The highest BCUT2D eigenvalue weighted by atomic mass is 32.2. The first-order valence-electron chi connectivity index (χ1n) is 12.2. The second-order valence-corrected chi connectivity index (χ2v) is 12.0. The van der Waals surface area contributed by atoms with E-state index in [1.54, 1.807) is 4.90 Å². The van der Waals surface area contributed by atoms with Crippen LogP contribution in [0.15, 0.2) is 24.3 Å². The number of aliphatic hydroxyl groups is 1. The lowest BCUT2D eigenvalue weighted by Gasteiger charge is -2.39. The van der Waals surface area contributed by atoms with Gasteiger partial charge in [0.25, 0.3) is 5.60 Å². The Morgan fingerprint density at radius 3 is 1.93 bits per heavy atom. The number of nitrogens with zero attached hydrogens (tertiary/aromatic N) is 2. The highest BCUT2D eigenvalue weighted by Crippen LogP contribution is 2.50. The van der Waals surface area contributed by atoms with Crippen molar-refractivity contribution in [1.29, 1.82) is 0 Å². The maximum atomic E-state index is 15.6. The number of likely N-dealkylation sites (tertiary alicyclic amines) is 1. The molecule has 40 heavy (non-hydrogen) atoms. The van der Waals surface area contributed by atoms with E-state index in [2.05, 4.69) is 0 Å². The van der Waals surface area contributed by atoms with Crippen LogP contribution >= 0.6 is 0 Å². The molecule has 0 spiro atoms. The highest BCUT2D eigenvalue weighted by molar-refractivity contribution is 7.88. The largest absolute Gasteiger partial charge is 0.430 e. The van der Waals surface area contributed by atoms with Crippen LogP contribution in [-0.2, 0) is 28.6 Å². The third-order valence-electron chi connectivity index (χ3n) is 7.49. The van der Waals surface area contributed by atoms with Crippen molar-refractivity contribution in [2.45, 2.75) is 62.8 Å². The van der Waals surface area contributed by atoms with E-state index in [0.717, 1.165) is 12.3 Å². The minimum atomic E-state index is -6.25. The summed E-state index contributed by atoms with van der Waals surface area (Å²) < 4.78 is 151. The van der Waals surface area contributed by atoms with Crippen LogP contribution in [0.2, 0.25) is 0 Å². The number of benzene rings is 2. The number of piperazine rings is 1. The Morgan fingerprint density at radius 1 is 0.925 bits per heavy atom. The summed E-state index contributed by atoms with van der Waals surface area (Å²) in [6.45, 7) is 1.84. The van der Waals surface area contributed by atoms with Crippen molar-refractivity contribution in [2.75, 3.05) is 19.3 Å². The normalized spacial score (nSPS) is 21.3. The molecule has 4 rings (SSSR count). The first-order valence-corrected chi connectivity index (χ1v) is 14.0. The van der Waals surface area contributed by atoms with Gasteiger partial charge >= 0.3 is 12.4 Å². The molecular weight excluding hydrogens is 579 g/mol. The Morgan fingerprint density at radius 2 is 1.48 bits per heavy atom. The van der Waals surface area contributed by atoms with Crippen LogP contribution in [0.4, 0.5) is 39.5 Å². The zero-order valence-electron chi connectivity index (χ0n) is 21.2. The summed E-state index contributed by atoms with van der Waals surface area (Å²) in [5.74, 6) is -3.81. The Balaban J connectivity index is 1.69. The maximum Gasteiger partial charge on any atom is 0.430 e. The number of rotatable bonds is 6. The average molecular weight is 605 g/mol. The van der Waals surface area contributed by atoms with Gasteiger partial charge in [-0.3, -0.25) is 4.90 Å². The van der Waals surface area contributed by atoms with Gasteiger partial charge in [0.1, 0.15) is 17.5 Å². The van der Waals surface area contributed by atoms with Gasteiger partial charge in [-0.1, -0.05) is 19.1 Å². The number of hydrogen-bond donors (Lipinski definition) is 1. The Kier molecular flexibility index (Phi) is 7.78. The van der Waals surface area contributed by atoms with Crippen molar-refractivity contribution in [3.8, 4) is 11.1 Å². The molecule has 2 aliphatic rings. The average Bonchev–Trinajstić information content (AvgIpc) is 3.11. The molecule has 2 aromatic rings. The minimum Gasteiger partial charge on any atom is -0.369 e. The fraction of sp³-hybridized carbons (Fsp3) is 0.520. The van der Waals surface area contributed by atoms with Crippen LogP contribution in [0.1, 0.15) is 36.5 Å². The van der Waals surface area contributed by atoms with Crippen LogP contribution in [0.3, 0.4) is 0 Å². The van der Waals surface area contributed by atoms with E-state index < -0.39 is 62.1 Å². The number of halogens is 9. The summed E-state index contributed by atoms with van der Waals surface area (Å²) in [5, 5.41) is 9.54. The summed E-state index contributed by atoms with van der Waals surface area (Å²) in [4.78, 5) is 1.77. The third-order valence-corrected chi connectivity index (χ3v) is 8.85. The predicted molar refractivity (Wildman–Crippen MR) is 126 cm³/mol. The van der Waals surface area contributed by atoms with E-state index in [0.29, 0.717) is 18.9 Å². The molecule has 0 radical (unpaired) electrons. The van der Waals surface area contributed by atoms with Crippen molar-refractivity contribution < 1.29 is 53.0 Å². The van der Waals surface area contributed by atoms with Gasteiger partial charge in [-0.2, -0.15) is 30.6 Å². The molecule has 2 bridgehead atoms. The van der Waals surface area contributed by atoms with Gasteiger partial charge < -0.3 is 5.11 Å². The van der Waals surface area contributed by atoms with Crippen molar-refractivity contribution in [2.24, 2.45) is 0 Å². The molecule has 2 aliphatic heterocycles. The van der Waals surface area contributed by atoms with Gasteiger partial charge in [-0.25, -0.2) is 21.6 Å². The van der Waals surface area contributed by atoms with Gasteiger partial charge in [-0.05, 0) is 37.0 Å². The summed E-state index contributed by atoms with van der Waals surface area (Å²) in [6.07, 6.45) is -10.4. The zero-order valence-corrected chi connectivity index (χ0v) is 22.0. The molecule has 0 amide bonds. The molecule has 0 aromatic heterocycles. The summed E-state index contributed by atoms with van der Waals surface area (Å²) in [7, 11) is -3.46. The molecule has 2 saturated heterocycles. The molecule has 2 atom stereocenters. The van der Waals surface area contributed by atoms with Gasteiger partial charge in [-0.15, -0.1) is 0 Å². The van der Waals surface area contributed by atoms with Crippen molar-refractivity contribution in [3.63, 3.8) is 0 Å². The van der Waals surface area contributed by atoms with Crippen LogP contribution in [0.25, 0.3) is 11.1 Å². The number of hydrogen-bond acceptors (Lipinski definition) is 4. The fourth-order valence-corrected chi connectivity index (χ4v) is 7.20. The van der Waals surface area contributed by atoms with E-state index in [-0.39, 0.29) is 61.4 Å². The summed E-state index contributed by atoms with van der Waals surface area (Å²) in [6, 6.07) is 0.534. The molecule has 15 heteroatoms. The number of alkyl halides is 6. The van der Waals surface area contributed by atoms with Gasteiger partial charge in [0, 0.05) is 54.0 Å². The summed E-state index contributed by atoms with van der Waals surface area (Å²) >= 11 is 0. The molecule has 222 valence electrons. The maximum absolute atomic E-state index is 15.6. The van der Waals surface area contributed by atoms with E-state index in [1.165, 1.54) is 11.2 Å². The number of sulfonamides is 1. The Hall–Kier alpha value is -2.36. The first-order chi connectivity index (χ1) is 18.3. The Bertz CT molecular complexity index is 1380. The second kappa shape index (κ2) is 10.2. The SMILES string of the molecule is CCc1c(F)c(CN2CC3CCC(C2)N3S(C)(=O)=O)cc(F)c1-c1ccc(C(O)(C(F)(F)F)C(F)(F)F)cc1F. The van der Waals surface area contributed by atoms with Crippen LogP contribution in [0, 0.1) is 17.5 Å². The van der Waals surface area contributed by atoms with E-state index in [9.17, 15) is 44.3 Å². The highest BCUT2D eigenvalue weighted by Gasteiger charge is 2.71. The van der Waals surface area contributed by atoms with E-state index in [4.69, 9.17) is 0 Å². The monoisotopic (exact) mass is 604 g/mol. The minimum absolute atomic E-state index is 0.105. The van der Waals surface area contributed by atoms with Crippen LogP contribution in [0.5, 0.6) is 0 Å². The lowest BCUT2D eigenvalue weighted by atomic mass is 9.88. The van der Waals surface area contributed by atoms with Crippen molar-refractivity contribution in [1.82, 2.24) is 9.21 Å². The van der Waals surface area contributed by atoms with Gasteiger partial charge in [0.05, 0.1) is 6.26 Å². The fourth-order valence-electron chi connectivity index (χ4n) is 5.77. The van der Waals surface area contributed by atoms with Gasteiger partial charge in [0.2, 0.25) is 10.0 Å². The molecule has 0 saturated carbocycles. The lowest BCUT2D eigenvalue weighted by molar-refractivity contribution is -0.376. The predicted octanol–water partition coefficient (Wildman–Crippen LogP) is 5.25. The molecular formula is C25H25F9N2O3S. The Labute approximate surface area is 224 Å². The topological polar surface area (TPSA) is 60.9 Å². The molecule has 1 N–H and O–H groups in total. The smallest absolute Gasteiger partial charge is 0.369 e. The van der Waals surface area contributed by atoms with Crippen molar-refractivity contribution in [3.05, 3.63) is 58.4 Å².